The van der Waals surface area contributed by atoms with E-state index >= 15 is 0 Å². The van der Waals surface area contributed by atoms with Crippen LogP contribution in [0.5, 0.6) is 5.75 Å². The third-order valence-electron chi connectivity index (χ3n) is 1.88. The molecule has 0 aromatic heterocycles. The summed E-state index contributed by atoms with van der Waals surface area (Å²) in [5, 5.41) is 0.461. The van der Waals surface area contributed by atoms with Gasteiger partial charge in [0.05, 0.1) is 17.9 Å². The van der Waals surface area contributed by atoms with Gasteiger partial charge in [0.2, 0.25) is 10.0 Å². The average molecular weight is 250 g/mol. The summed E-state index contributed by atoms with van der Waals surface area (Å²) in [5.74, 6) is 0.386. The van der Waals surface area contributed by atoms with Crippen LogP contribution in [0.25, 0.3) is 0 Å². The lowest BCUT2D eigenvalue weighted by molar-refractivity contribution is 0.414. The summed E-state index contributed by atoms with van der Waals surface area (Å²) in [4.78, 5) is 0. The Kier molecular flexibility index (Phi) is 3.96. The molecule has 0 heterocycles. The molecule has 0 saturated carbocycles. The molecule has 1 N–H and O–H groups in total. The third kappa shape index (κ3) is 3.37. The molecule has 4 nitrogen and oxygen atoms in total. The Labute approximate surface area is 94.3 Å². The Morgan fingerprint density at radius 1 is 1.47 bits per heavy atom. The molecule has 1 aromatic rings. The van der Waals surface area contributed by atoms with Gasteiger partial charge in [0.1, 0.15) is 5.75 Å². The van der Waals surface area contributed by atoms with Gasteiger partial charge >= 0.3 is 0 Å². The molecular weight excluding hydrogens is 238 g/mol. The zero-order valence-electron chi connectivity index (χ0n) is 8.45. The van der Waals surface area contributed by atoms with Crippen LogP contribution in [0.15, 0.2) is 18.2 Å². The van der Waals surface area contributed by atoms with E-state index in [0.29, 0.717) is 16.3 Å². The van der Waals surface area contributed by atoms with Gasteiger partial charge in [-0.2, -0.15) is 0 Å². The van der Waals surface area contributed by atoms with Crippen molar-refractivity contribution in [3.05, 3.63) is 28.8 Å². The van der Waals surface area contributed by atoms with Crippen LogP contribution in [0.2, 0.25) is 5.02 Å². The van der Waals surface area contributed by atoms with E-state index in [9.17, 15) is 8.42 Å². The standard InChI is InChI=1S/C9H12ClNO3S/c1-11-15(12,13)6-7-3-4-8(10)9(5-7)14-2/h3-5,11H,6H2,1-2H3. The van der Waals surface area contributed by atoms with Crippen molar-refractivity contribution in [2.24, 2.45) is 0 Å². The minimum Gasteiger partial charge on any atom is -0.495 e. The Hall–Kier alpha value is -0.780. The number of ether oxygens (including phenoxy) is 1. The molecule has 0 atom stereocenters. The van der Waals surface area contributed by atoms with Crippen LogP contribution in [0.1, 0.15) is 5.56 Å². The van der Waals surface area contributed by atoms with Crippen LogP contribution in [-0.2, 0) is 15.8 Å². The highest BCUT2D eigenvalue weighted by atomic mass is 35.5. The highest BCUT2D eigenvalue weighted by Gasteiger charge is 2.10. The average Bonchev–Trinajstić information content (AvgIpc) is 2.20. The number of methoxy groups -OCH3 is 1. The van der Waals surface area contributed by atoms with Gasteiger partial charge in [0.15, 0.2) is 0 Å². The molecule has 1 aromatic carbocycles. The largest absolute Gasteiger partial charge is 0.495 e. The van der Waals surface area contributed by atoms with E-state index in [1.54, 1.807) is 18.2 Å². The Bertz CT molecular complexity index is 445. The summed E-state index contributed by atoms with van der Waals surface area (Å²) in [7, 11) is -0.398. The summed E-state index contributed by atoms with van der Waals surface area (Å²) in [6.45, 7) is 0. The number of nitrogens with one attached hydrogen (secondary N) is 1. The lowest BCUT2D eigenvalue weighted by atomic mass is 10.2. The Balaban J connectivity index is 2.98. The normalized spacial score (nSPS) is 11.4. The molecule has 6 heteroatoms. The van der Waals surface area contributed by atoms with Crippen molar-refractivity contribution in [3.8, 4) is 5.75 Å². The summed E-state index contributed by atoms with van der Waals surface area (Å²) >= 11 is 5.81. The molecule has 0 aliphatic rings. The minimum absolute atomic E-state index is 0.0863. The van der Waals surface area contributed by atoms with Crippen LogP contribution < -0.4 is 9.46 Å². The second kappa shape index (κ2) is 4.83. The maximum Gasteiger partial charge on any atom is 0.215 e. The molecule has 0 fully saturated rings. The first-order chi connectivity index (χ1) is 6.98. The molecule has 0 spiro atoms. The molecule has 0 amide bonds. The maximum absolute atomic E-state index is 11.3. The van der Waals surface area contributed by atoms with Crippen molar-refractivity contribution in [1.82, 2.24) is 4.72 Å². The summed E-state index contributed by atoms with van der Waals surface area (Å²) in [5.41, 5.74) is 0.630. The first-order valence-corrected chi connectivity index (χ1v) is 6.25. The summed E-state index contributed by atoms with van der Waals surface area (Å²) in [6.07, 6.45) is 0. The van der Waals surface area contributed by atoms with E-state index in [-0.39, 0.29) is 5.75 Å². The smallest absolute Gasteiger partial charge is 0.215 e. The van der Waals surface area contributed by atoms with E-state index in [1.807, 2.05) is 0 Å². The van der Waals surface area contributed by atoms with Crippen LogP contribution >= 0.6 is 11.6 Å². The van der Waals surface area contributed by atoms with Gasteiger partial charge in [-0.15, -0.1) is 0 Å². The van der Waals surface area contributed by atoms with Crippen molar-refractivity contribution >= 4 is 21.6 Å². The van der Waals surface area contributed by atoms with E-state index < -0.39 is 10.0 Å². The zero-order valence-corrected chi connectivity index (χ0v) is 10.0. The molecule has 1 rings (SSSR count). The van der Waals surface area contributed by atoms with Crippen molar-refractivity contribution < 1.29 is 13.2 Å². The second-order valence-electron chi connectivity index (χ2n) is 2.93. The third-order valence-corrected chi connectivity index (χ3v) is 3.53. The van der Waals surface area contributed by atoms with E-state index in [2.05, 4.69) is 4.72 Å². The number of sulfonamides is 1. The van der Waals surface area contributed by atoms with Gasteiger partial charge in [-0.25, -0.2) is 13.1 Å². The first-order valence-electron chi connectivity index (χ1n) is 4.22. The molecule has 0 saturated heterocycles. The Morgan fingerprint density at radius 2 is 2.13 bits per heavy atom. The van der Waals surface area contributed by atoms with E-state index in [0.717, 1.165) is 0 Å². The van der Waals surface area contributed by atoms with Crippen molar-refractivity contribution in [2.75, 3.05) is 14.2 Å². The topological polar surface area (TPSA) is 55.4 Å². The fourth-order valence-electron chi connectivity index (χ4n) is 1.09. The van der Waals surface area contributed by atoms with Crippen molar-refractivity contribution in [3.63, 3.8) is 0 Å². The maximum atomic E-state index is 11.3. The van der Waals surface area contributed by atoms with Crippen LogP contribution in [0, 0.1) is 0 Å². The number of benzene rings is 1. The van der Waals surface area contributed by atoms with Crippen molar-refractivity contribution in [1.29, 1.82) is 0 Å². The second-order valence-corrected chi connectivity index (χ2v) is 5.27. The number of rotatable bonds is 4. The van der Waals surface area contributed by atoms with E-state index in [1.165, 1.54) is 14.2 Å². The Morgan fingerprint density at radius 3 is 2.67 bits per heavy atom. The first kappa shape index (κ1) is 12.3. The molecule has 0 bridgehead atoms. The fourth-order valence-corrected chi connectivity index (χ4v) is 2.04. The zero-order chi connectivity index (χ0) is 11.5. The van der Waals surface area contributed by atoms with Gasteiger partial charge in [0, 0.05) is 0 Å². The lowest BCUT2D eigenvalue weighted by Gasteiger charge is -2.06. The van der Waals surface area contributed by atoms with Gasteiger partial charge in [-0.3, -0.25) is 0 Å². The molecule has 0 aliphatic heterocycles. The minimum atomic E-state index is -3.26. The van der Waals surface area contributed by atoms with Crippen LogP contribution in [0.4, 0.5) is 0 Å². The van der Waals surface area contributed by atoms with Crippen LogP contribution in [0.3, 0.4) is 0 Å². The summed E-state index contributed by atoms with van der Waals surface area (Å²) < 4.78 is 29.8. The van der Waals surface area contributed by atoms with Gasteiger partial charge < -0.3 is 4.74 Å². The van der Waals surface area contributed by atoms with Gasteiger partial charge in [0.25, 0.3) is 0 Å². The van der Waals surface area contributed by atoms with Gasteiger partial charge in [-0.1, -0.05) is 17.7 Å². The summed E-state index contributed by atoms with van der Waals surface area (Å²) in [6, 6.07) is 4.87. The molecule has 15 heavy (non-hydrogen) atoms. The molecule has 0 aliphatic carbocycles. The lowest BCUT2D eigenvalue weighted by Crippen LogP contribution is -2.20. The molecule has 84 valence electrons. The predicted molar refractivity (Wildman–Crippen MR) is 59.7 cm³/mol. The fraction of sp³-hybridized carbons (Fsp3) is 0.333. The molecule has 0 unspecified atom stereocenters. The number of hydrogen-bond acceptors (Lipinski definition) is 3. The highest BCUT2D eigenvalue weighted by Crippen LogP contribution is 2.25. The van der Waals surface area contributed by atoms with E-state index in [4.69, 9.17) is 16.3 Å². The molecule has 0 radical (unpaired) electrons. The quantitative estimate of drug-likeness (QED) is 0.878. The monoisotopic (exact) mass is 249 g/mol. The predicted octanol–water partition coefficient (Wildman–Crippen LogP) is 1.40. The highest BCUT2D eigenvalue weighted by molar-refractivity contribution is 7.88. The van der Waals surface area contributed by atoms with Crippen LogP contribution in [-0.4, -0.2) is 22.6 Å². The van der Waals surface area contributed by atoms with Crippen molar-refractivity contribution in [2.45, 2.75) is 5.75 Å². The van der Waals surface area contributed by atoms with Gasteiger partial charge in [-0.05, 0) is 24.7 Å². The molecular formula is C9H12ClNO3S. The number of hydrogen-bond donors (Lipinski definition) is 1. The SMILES string of the molecule is CNS(=O)(=O)Cc1ccc(Cl)c(OC)c1. The number of halogens is 1.